The molecule has 2 aromatic heterocycles. The zero-order valence-corrected chi connectivity index (χ0v) is 9.07. The molecule has 0 atom stereocenters. The standard InChI is InChI=1S/C7H4F2N4S2/c1-3-10-7(15-13-3)14-5-2-4(8)11-6(9)12-5/h2H,1H3. The first kappa shape index (κ1) is 10.4. The van der Waals surface area contributed by atoms with Gasteiger partial charge in [0.05, 0.1) is 0 Å². The third-order valence-electron chi connectivity index (χ3n) is 1.34. The molecule has 2 rings (SSSR count). The largest absolute Gasteiger partial charge is 0.312 e. The molecule has 2 heterocycles. The van der Waals surface area contributed by atoms with Gasteiger partial charge in [0.25, 0.3) is 0 Å². The van der Waals surface area contributed by atoms with Crippen LogP contribution in [-0.4, -0.2) is 19.3 Å². The van der Waals surface area contributed by atoms with E-state index in [-0.39, 0.29) is 5.03 Å². The van der Waals surface area contributed by atoms with Gasteiger partial charge in [-0.25, -0.2) is 4.98 Å². The van der Waals surface area contributed by atoms with Crippen molar-refractivity contribution in [2.75, 3.05) is 0 Å². The van der Waals surface area contributed by atoms with Crippen molar-refractivity contribution < 1.29 is 8.78 Å². The lowest BCUT2D eigenvalue weighted by molar-refractivity contribution is 0.470. The number of aryl methyl sites for hydroxylation is 1. The third kappa shape index (κ3) is 2.66. The Labute approximate surface area is 92.0 Å². The number of aromatic nitrogens is 4. The molecule has 15 heavy (non-hydrogen) atoms. The first-order chi connectivity index (χ1) is 7.13. The van der Waals surface area contributed by atoms with Gasteiger partial charge in [-0.05, 0) is 30.2 Å². The maximum Gasteiger partial charge on any atom is 0.312 e. The van der Waals surface area contributed by atoms with E-state index < -0.39 is 12.0 Å². The highest BCUT2D eigenvalue weighted by Crippen LogP contribution is 2.27. The first-order valence-corrected chi connectivity index (χ1v) is 5.41. The molecule has 0 unspecified atom stereocenters. The molecule has 0 aliphatic rings. The van der Waals surface area contributed by atoms with Crippen molar-refractivity contribution in [3.8, 4) is 0 Å². The Morgan fingerprint density at radius 3 is 2.67 bits per heavy atom. The summed E-state index contributed by atoms with van der Waals surface area (Å²) in [5, 5.41) is 0.177. The molecule has 0 aromatic carbocycles. The van der Waals surface area contributed by atoms with Crippen LogP contribution in [0.2, 0.25) is 0 Å². The van der Waals surface area contributed by atoms with Gasteiger partial charge in [0.2, 0.25) is 5.95 Å². The molecule has 0 aliphatic carbocycles. The normalized spacial score (nSPS) is 10.6. The van der Waals surface area contributed by atoms with Crippen molar-refractivity contribution in [1.82, 2.24) is 19.3 Å². The minimum absolute atomic E-state index is 0.177. The van der Waals surface area contributed by atoms with Gasteiger partial charge in [0.1, 0.15) is 10.9 Å². The van der Waals surface area contributed by atoms with E-state index >= 15 is 0 Å². The van der Waals surface area contributed by atoms with Crippen LogP contribution in [0.15, 0.2) is 15.4 Å². The lowest BCUT2D eigenvalue weighted by Crippen LogP contribution is -1.94. The van der Waals surface area contributed by atoms with E-state index in [0.717, 1.165) is 29.4 Å². The number of hydrogen-bond acceptors (Lipinski definition) is 6. The zero-order chi connectivity index (χ0) is 10.8. The first-order valence-electron chi connectivity index (χ1n) is 3.82. The lowest BCUT2D eigenvalue weighted by atomic mass is 10.7. The second kappa shape index (κ2) is 4.15. The monoisotopic (exact) mass is 246 g/mol. The quantitative estimate of drug-likeness (QED) is 0.599. The van der Waals surface area contributed by atoms with Crippen LogP contribution in [-0.2, 0) is 0 Å². The molecular weight excluding hydrogens is 242 g/mol. The Morgan fingerprint density at radius 2 is 2.07 bits per heavy atom. The molecule has 0 bridgehead atoms. The minimum atomic E-state index is -1.08. The van der Waals surface area contributed by atoms with Gasteiger partial charge in [0.15, 0.2) is 4.34 Å². The second-order valence-electron chi connectivity index (χ2n) is 2.51. The van der Waals surface area contributed by atoms with Crippen molar-refractivity contribution in [2.45, 2.75) is 16.3 Å². The van der Waals surface area contributed by atoms with E-state index in [1.54, 1.807) is 6.92 Å². The van der Waals surface area contributed by atoms with Gasteiger partial charge in [0, 0.05) is 6.07 Å². The summed E-state index contributed by atoms with van der Waals surface area (Å²) < 4.78 is 29.9. The predicted molar refractivity (Wildman–Crippen MR) is 50.7 cm³/mol. The summed E-state index contributed by atoms with van der Waals surface area (Å²) in [4.78, 5) is 10.3. The fourth-order valence-corrected chi connectivity index (χ4v) is 2.41. The van der Waals surface area contributed by atoms with Gasteiger partial charge in [-0.15, -0.1) is 0 Å². The van der Waals surface area contributed by atoms with Gasteiger partial charge < -0.3 is 0 Å². The van der Waals surface area contributed by atoms with Crippen LogP contribution in [0.3, 0.4) is 0 Å². The molecule has 0 saturated carbocycles. The molecule has 8 heteroatoms. The number of hydrogen-bond donors (Lipinski definition) is 0. The highest BCUT2D eigenvalue weighted by atomic mass is 32.2. The van der Waals surface area contributed by atoms with E-state index in [2.05, 4.69) is 19.3 Å². The average molecular weight is 246 g/mol. The van der Waals surface area contributed by atoms with E-state index in [0.29, 0.717) is 10.2 Å². The molecule has 2 aromatic rings. The summed E-state index contributed by atoms with van der Waals surface area (Å²) in [6, 6.07) is 1.05. The Bertz CT molecular complexity index is 467. The lowest BCUT2D eigenvalue weighted by Gasteiger charge is -1.95. The van der Waals surface area contributed by atoms with Gasteiger partial charge in [-0.2, -0.15) is 23.1 Å². The highest BCUT2D eigenvalue weighted by Gasteiger charge is 2.08. The van der Waals surface area contributed by atoms with Gasteiger partial charge in [-0.3, -0.25) is 0 Å². The highest BCUT2D eigenvalue weighted by molar-refractivity contribution is 8.00. The van der Waals surface area contributed by atoms with Crippen LogP contribution in [0.5, 0.6) is 0 Å². The van der Waals surface area contributed by atoms with Crippen LogP contribution in [0.1, 0.15) is 5.82 Å². The number of rotatable bonds is 2. The summed E-state index contributed by atoms with van der Waals surface area (Å²) in [6.45, 7) is 1.74. The number of halogens is 2. The fraction of sp³-hybridized carbons (Fsp3) is 0.143. The maximum absolute atomic E-state index is 12.7. The average Bonchev–Trinajstić information content (AvgIpc) is 2.49. The topological polar surface area (TPSA) is 51.6 Å². The second-order valence-corrected chi connectivity index (χ2v) is 4.53. The van der Waals surface area contributed by atoms with Crippen molar-refractivity contribution in [1.29, 1.82) is 0 Å². The molecule has 0 spiro atoms. The van der Waals surface area contributed by atoms with E-state index in [4.69, 9.17) is 0 Å². The van der Waals surface area contributed by atoms with Crippen LogP contribution < -0.4 is 0 Å². The Balaban J connectivity index is 2.24. The SMILES string of the molecule is Cc1nsc(Sc2cc(F)nc(F)n2)n1. The van der Waals surface area contributed by atoms with E-state index in [9.17, 15) is 8.78 Å². The molecule has 0 fully saturated rings. The number of nitrogens with zero attached hydrogens (tertiary/aromatic N) is 4. The van der Waals surface area contributed by atoms with Gasteiger partial charge >= 0.3 is 6.08 Å². The van der Waals surface area contributed by atoms with E-state index in [1.807, 2.05) is 0 Å². The zero-order valence-electron chi connectivity index (χ0n) is 7.44. The smallest absolute Gasteiger partial charge is 0.213 e. The summed E-state index contributed by atoms with van der Waals surface area (Å²) in [5.41, 5.74) is 0. The Kier molecular flexibility index (Phi) is 2.87. The Morgan fingerprint density at radius 1 is 1.27 bits per heavy atom. The fourth-order valence-electron chi connectivity index (χ4n) is 0.832. The van der Waals surface area contributed by atoms with Gasteiger partial charge in [-0.1, -0.05) is 0 Å². The minimum Gasteiger partial charge on any atom is -0.213 e. The predicted octanol–water partition coefficient (Wildman–Crippen LogP) is 2.07. The van der Waals surface area contributed by atoms with Crippen LogP contribution >= 0.6 is 23.3 Å². The van der Waals surface area contributed by atoms with Crippen LogP contribution in [0.4, 0.5) is 8.78 Å². The summed E-state index contributed by atoms with van der Waals surface area (Å²) in [5.74, 6) is -0.274. The van der Waals surface area contributed by atoms with Crippen molar-refractivity contribution in [3.63, 3.8) is 0 Å². The molecule has 0 saturated heterocycles. The van der Waals surface area contributed by atoms with Crippen molar-refractivity contribution in [3.05, 3.63) is 23.9 Å². The maximum atomic E-state index is 12.7. The molecule has 78 valence electrons. The molecule has 4 nitrogen and oxygen atoms in total. The summed E-state index contributed by atoms with van der Waals surface area (Å²) >= 11 is 2.20. The van der Waals surface area contributed by atoms with E-state index in [1.165, 1.54) is 0 Å². The third-order valence-corrected chi connectivity index (χ3v) is 3.11. The van der Waals surface area contributed by atoms with Crippen LogP contribution in [0, 0.1) is 18.9 Å². The van der Waals surface area contributed by atoms with Crippen molar-refractivity contribution in [2.24, 2.45) is 0 Å². The molecule has 0 N–H and O–H groups in total. The molecule has 0 aliphatic heterocycles. The molecule has 0 amide bonds. The molecular formula is C7H4F2N4S2. The van der Waals surface area contributed by atoms with Crippen molar-refractivity contribution >= 4 is 23.3 Å². The Hall–Kier alpha value is -1.15. The molecule has 0 radical (unpaired) electrons. The summed E-state index contributed by atoms with van der Waals surface area (Å²) in [7, 11) is 0. The summed E-state index contributed by atoms with van der Waals surface area (Å²) in [6.07, 6.45) is -1.08. The van der Waals surface area contributed by atoms with Crippen LogP contribution in [0.25, 0.3) is 0 Å².